The predicted molar refractivity (Wildman–Crippen MR) is 342 cm³/mol. The summed E-state index contributed by atoms with van der Waals surface area (Å²) in [4.78, 5) is 30.3. The standard InChI is InChI=1S/C66H132N2O10S2/c1-5-9-13-17-21-25-29-33-37-41-45-57(69)53-67(54-58(70)46-42-38-34-30-26-22-18-14-10-6-2)49-51-79-65(77)63(75)61(73)62(74)64(76)66(78)80-52-50-68(55-59(71)47-43-39-35-31-27-23-19-15-11-7-3)56-60(72)48-44-40-36-32-28-24-20-16-12-8-4/h57-64,69-76H,5-56H2,1-4H3/t57?,58?,59?,60?,61-,62-,63-,64+/m0/s1. The number of thioether (sulfide) groups is 2. The molecule has 0 aromatic carbocycles. The number of rotatable bonds is 63. The fourth-order valence-corrected chi connectivity index (χ4v) is 12.6. The number of hydrogen-bond acceptors (Lipinski definition) is 14. The maximum atomic E-state index is 13.2. The third-order valence-corrected chi connectivity index (χ3v) is 18.0. The predicted octanol–water partition coefficient (Wildman–Crippen LogP) is 14.2. The summed E-state index contributed by atoms with van der Waals surface area (Å²) in [5, 5.41) is 86.1. The van der Waals surface area contributed by atoms with Crippen LogP contribution in [-0.2, 0) is 9.59 Å². The summed E-state index contributed by atoms with van der Waals surface area (Å²) in [6.07, 6.45) is 40.3. The molecule has 0 aliphatic heterocycles. The smallest absolute Gasteiger partial charge is 0.220 e. The van der Waals surface area contributed by atoms with Crippen LogP contribution < -0.4 is 0 Å². The van der Waals surface area contributed by atoms with Crippen molar-refractivity contribution < 1.29 is 50.4 Å². The van der Waals surface area contributed by atoms with Crippen LogP contribution in [0.2, 0.25) is 0 Å². The molecule has 12 nitrogen and oxygen atoms in total. The van der Waals surface area contributed by atoms with Gasteiger partial charge in [-0.15, -0.1) is 0 Å². The Morgan fingerprint density at radius 2 is 0.463 bits per heavy atom. The van der Waals surface area contributed by atoms with Crippen molar-refractivity contribution in [2.45, 2.75) is 359 Å². The van der Waals surface area contributed by atoms with Gasteiger partial charge in [-0.2, -0.15) is 0 Å². The van der Waals surface area contributed by atoms with Crippen LogP contribution in [0.25, 0.3) is 0 Å². The molecule has 4 unspecified atom stereocenters. The highest BCUT2D eigenvalue weighted by molar-refractivity contribution is 8.14. The van der Waals surface area contributed by atoms with Gasteiger partial charge in [0.25, 0.3) is 0 Å². The molecule has 0 aliphatic carbocycles. The van der Waals surface area contributed by atoms with Gasteiger partial charge in [-0.3, -0.25) is 19.4 Å². The zero-order chi connectivity index (χ0) is 59.1. The lowest BCUT2D eigenvalue weighted by molar-refractivity contribution is -0.144. The van der Waals surface area contributed by atoms with Crippen molar-refractivity contribution in [3.05, 3.63) is 0 Å². The van der Waals surface area contributed by atoms with Gasteiger partial charge in [-0.25, -0.2) is 0 Å². The molecule has 0 fully saturated rings. The summed E-state index contributed by atoms with van der Waals surface area (Å²) >= 11 is 1.54. The molecule has 0 aromatic rings. The summed E-state index contributed by atoms with van der Waals surface area (Å²) in [6, 6.07) is 0. The van der Waals surface area contributed by atoms with Crippen LogP contribution in [0.4, 0.5) is 0 Å². The van der Waals surface area contributed by atoms with Gasteiger partial charge < -0.3 is 40.9 Å². The molecule has 0 heterocycles. The zero-order valence-electron chi connectivity index (χ0n) is 52.5. The molecule has 0 bridgehead atoms. The molecular formula is C66H132N2O10S2. The second-order valence-electron chi connectivity index (χ2n) is 24.2. The van der Waals surface area contributed by atoms with E-state index in [1.807, 2.05) is 9.80 Å². The van der Waals surface area contributed by atoms with Crippen molar-refractivity contribution in [2.24, 2.45) is 0 Å². The highest BCUT2D eigenvalue weighted by Crippen LogP contribution is 2.21. The summed E-state index contributed by atoms with van der Waals surface area (Å²) in [6.45, 7) is 11.0. The molecule has 0 amide bonds. The highest BCUT2D eigenvalue weighted by atomic mass is 32.2. The minimum Gasteiger partial charge on any atom is -0.392 e. The van der Waals surface area contributed by atoms with E-state index < -0.39 is 59.1 Å². The number of aliphatic hydroxyl groups excluding tert-OH is 8. The molecule has 8 atom stereocenters. The molecular weight excluding hydrogens is 1040 g/mol. The second kappa shape index (κ2) is 59.0. The summed E-state index contributed by atoms with van der Waals surface area (Å²) in [5.41, 5.74) is 0. The molecule has 80 heavy (non-hydrogen) atoms. The van der Waals surface area contributed by atoms with Crippen LogP contribution in [0.15, 0.2) is 0 Å². The maximum Gasteiger partial charge on any atom is 0.220 e. The van der Waals surface area contributed by atoms with Gasteiger partial charge in [-0.05, 0) is 25.7 Å². The van der Waals surface area contributed by atoms with Gasteiger partial charge in [0, 0.05) is 50.8 Å². The first-order valence-electron chi connectivity index (χ1n) is 34.0. The molecule has 0 aliphatic rings. The van der Waals surface area contributed by atoms with E-state index in [1.54, 1.807) is 0 Å². The van der Waals surface area contributed by atoms with E-state index in [0.717, 1.165) is 101 Å². The van der Waals surface area contributed by atoms with Crippen molar-refractivity contribution in [1.82, 2.24) is 9.80 Å². The van der Waals surface area contributed by atoms with E-state index in [-0.39, 0.29) is 11.5 Å². The zero-order valence-corrected chi connectivity index (χ0v) is 54.1. The molecule has 478 valence electrons. The number of unbranched alkanes of at least 4 members (excludes halogenated alkanes) is 36. The van der Waals surface area contributed by atoms with E-state index in [4.69, 9.17) is 0 Å². The Labute approximate surface area is 501 Å². The van der Waals surface area contributed by atoms with Gasteiger partial charge in [0.15, 0.2) is 12.2 Å². The molecule has 8 N–H and O–H groups in total. The van der Waals surface area contributed by atoms with Crippen molar-refractivity contribution in [2.75, 3.05) is 50.8 Å². The van der Waals surface area contributed by atoms with Crippen LogP contribution in [-0.4, -0.2) is 160 Å². The molecule has 0 saturated heterocycles. The van der Waals surface area contributed by atoms with Crippen LogP contribution in [0.1, 0.15) is 310 Å². The lowest BCUT2D eigenvalue weighted by Gasteiger charge is -2.28. The first-order chi connectivity index (χ1) is 38.8. The van der Waals surface area contributed by atoms with Gasteiger partial charge in [0.2, 0.25) is 10.2 Å². The molecule has 0 saturated carbocycles. The Kier molecular flexibility index (Phi) is 58.7. The third-order valence-electron chi connectivity index (χ3n) is 16.2. The van der Waals surface area contributed by atoms with Gasteiger partial charge in [-0.1, -0.05) is 308 Å². The minimum atomic E-state index is -2.12. The Hall–Kier alpha value is -0.360. The average Bonchev–Trinajstić information content (AvgIpc) is 3.45. The van der Waals surface area contributed by atoms with Crippen molar-refractivity contribution >= 4 is 33.8 Å². The van der Waals surface area contributed by atoms with E-state index >= 15 is 0 Å². The maximum absolute atomic E-state index is 13.2. The van der Waals surface area contributed by atoms with Gasteiger partial charge in [0.05, 0.1) is 24.4 Å². The quantitative estimate of drug-likeness (QED) is 0.0267. The number of hydrogen-bond donors (Lipinski definition) is 8. The number of aliphatic hydroxyl groups is 8. The molecule has 14 heteroatoms. The highest BCUT2D eigenvalue weighted by Gasteiger charge is 2.37. The van der Waals surface area contributed by atoms with Crippen LogP contribution in [0.5, 0.6) is 0 Å². The van der Waals surface area contributed by atoms with E-state index in [1.165, 1.54) is 180 Å². The second-order valence-corrected chi connectivity index (χ2v) is 26.4. The monoisotopic (exact) mass is 1180 g/mol. The largest absolute Gasteiger partial charge is 0.392 e. The molecule has 0 aromatic heterocycles. The molecule has 0 radical (unpaired) electrons. The normalized spacial score (nSPS) is 15.1. The van der Waals surface area contributed by atoms with Crippen molar-refractivity contribution in [3.63, 3.8) is 0 Å². The number of nitrogens with zero attached hydrogens (tertiary/aromatic N) is 2. The van der Waals surface area contributed by atoms with Gasteiger partial charge in [0.1, 0.15) is 12.2 Å². The summed E-state index contributed by atoms with van der Waals surface area (Å²) < 4.78 is 0. The average molecular weight is 1180 g/mol. The number of carbonyl (C=O) groups is 2. The fourth-order valence-electron chi connectivity index (χ4n) is 10.9. The van der Waals surface area contributed by atoms with Crippen molar-refractivity contribution in [1.29, 1.82) is 0 Å². The SMILES string of the molecule is CCCCCCCCCCCCC(O)CN(CCSC(=O)[C@@H](O)[C@@H](O)[C@H](O)[C@@H](O)C(=O)SCCN(CC(O)CCCCCCCCCCCC)CC(O)CCCCCCCCCCCC)CC(O)CCCCCCCCCCCC. The Morgan fingerprint density at radius 1 is 0.287 bits per heavy atom. The van der Waals surface area contributed by atoms with E-state index in [2.05, 4.69) is 27.7 Å². The summed E-state index contributed by atoms with van der Waals surface area (Å²) in [5.74, 6) is 0.398. The minimum absolute atomic E-state index is 0.199. The van der Waals surface area contributed by atoms with Crippen LogP contribution in [0, 0.1) is 0 Å². The van der Waals surface area contributed by atoms with Crippen molar-refractivity contribution in [3.8, 4) is 0 Å². The Bertz CT molecular complexity index is 1170. The molecule has 0 rings (SSSR count). The third kappa shape index (κ3) is 49.9. The number of carbonyl (C=O) groups excluding carboxylic acids is 2. The Balaban J connectivity index is 5.27. The van der Waals surface area contributed by atoms with E-state index in [9.17, 15) is 50.4 Å². The van der Waals surface area contributed by atoms with Gasteiger partial charge >= 0.3 is 0 Å². The van der Waals surface area contributed by atoms with E-state index in [0.29, 0.717) is 65.0 Å². The van der Waals surface area contributed by atoms with Crippen LogP contribution in [0.3, 0.4) is 0 Å². The topological polar surface area (TPSA) is 202 Å². The Morgan fingerprint density at radius 3 is 0.650 bits per heavy atom. The fraction of sp³-hybridized carbons (Fsp3) is 0.970. The lowest BCUT2D eigenvalue weighted by atomic mass is 10.0. The lowest BCUT2D eigenvalue weighted by Crippen LogP contribution is -2.49. The first kappa shape index (κ1) is 79.6. The first-order valence-corrected chi connectivity index (χ1v) is 36.0. The van der Waals surface area contributed by atoms with Crippen LogP contribution >= 0.6 is 23.5 Å². The molecule has 0 spiro atoms. The summed E-state index contributed by atoms with van der Waals surface area (Å²) in [7, 11) is 0.